The smallest absolute Gasteiger partial charge is 0.150 e. The molecule has 0 aromatic rings. The molecule has 0 aliphatic carbocycles. The zero-order chi connectivity index (χ0) is 9.61. The Morgan fingerprint density at radius 1 is 1.50 bits per heavy atom. The summed E-state index contributed by atoms with van der Waals surface area (Å²) in [6, 6.07) is 0. The number of carbonyl (C=O) groups excluding carboxylic acids is 1. The van der Waals surface area contributed by atoms with Crippen LogP contribution in [-0.4, -0.2) is 37.4 Å². The summed E-state index contributed by atoms with van der Waals surface area (Å²) in [6.45, 7) is 1.57. The van der Waals surface area contributed by atoms with E-state index in [-0.39, 0.29) is 17.3 Å². The highest BCUT2D eigenvalue weighted by molar-refractivity contribution is 8.01. The maximum atomic E-state index is 10.9. The summed E-state index contributed by atoms with van der Waals surface area (Å²) in [5.74, 6) is -0.821. The Bertz CT molecular complexity index is 232. The standard InChI is InChI=1S/C6H12O4S2/c1-2-12(9,10)4-3-11-5-6(7)8/h2-5H2,1H3,(H,7,8)/p-1. The van der Waals surface area contributed by atoms with Crippen molar-refractivity contribution in [3.63, 3.8) is 0 Å². The van der Waals surface area contributed by atoms with Crippen molar-refractivity contribution in [2.75, 3.05) is 23.0 Å². The quantitative estimate of drug-likeness (QED) is 0.522. The van der Waals surface area contributed by atoms with Gasteiger partial charge in [0.05, 0.1) is 11.7 Å². The molecule has 0 aromatic carbocycles. The monoisotopic (exact) mass is 211 g/mol. The molecule has 0 heterocycles. The lowest BCUT2D eigenvalue weighted by Crippen LogP contribution is -2.25. The fraction of sp³-hybridized carbons (Fsp3) is 0.833. The minimum Gasteiger partial charge on any atom is -0.549 e. The number of aliphatic carboxylic acids is 1. The number of thioether (sulfide) groups is 1. The molecule has 0 spiro atoms. The predicted molar refractivity (Wildman–Crippen MR) is 46.7 cm³/mol. The fourth-order valence-electron chi connectivity index (χ4n) is 0.486. The molecule has 0 aromatic heterocycles. The van der Waals surface area contributed by atoms with E-state index in [0.717, 1.165) is 11.8 Å². The molecule has 0 bridgehead atoms. The molecule has 0 radical (unpaired) electrons. The van der Waals surface area contributed by atoms with Gasteiger partial charge in [0.15, 0.2) is 9.84 Å². The summed E-state index contributed by atoms with van der Waals surface area (Å²) >= 11 is 1.06. The molecular weight excluding hydrogens is 200 g/mol. The van der Waals surface area contributed by atoms with Crippen molar-refractivity contribution in [3.8, 4) is 0 Å². The summed E-state index contributed by atoms with van der Waals surface area (Å²) < 4.78 is 21.7. The predicted octanol–water partition coefficient (Wildman–Crippen LogP) is -1.10. The van der Waals surface area contributed by atoms with Crippen molar-refractivity contribution >= 4 is 27.6 Å². The zero-order valence-corrected chi connectivity index (χ0v) is 8.41. The Hall–Kier alpha value is -0.230. The fourth-order valence-corrected chi connectivity index (χ4v) is 2.57. The first kappa shape index (κ1) is 11.8. The molecular formula is C6H11O4S2-. The molecule has 0 saturated carbocycles. The van der Waals surface area contributed by atoms with Crippen LogP contribution in [0.25, 0.3) is 0 Å². The molecule has 0 saturated heterocycles. The average molecular weight is 211 g/mol. The summed E-state index contributed by atoms with van der Waals surface area (Å²) in [5.41, 5.74) is 0. The zero-order valence-electron chi connectivity index (χ0n) is 6.78. The third-order valence-electron chi connectivity index (χ3n) is 1.20. The minimum absolute atomic E-state index is 0.0431. The van der Waals surface area contributed by atoms with Crippen LogP contribution in [0.5, 0.6) is 0 Å². The molecule has 0 amide bonds. The van der Waals surface area contributed by atoms with Crippen LogP contribution in [0.4, 0.5) is 0 Å². The second-order valence-electron chi connectivity index (χ2n) is 2.16. The van der Waals surface area contributed by atoms with Gasteiger partial charge in [0.1, 0.15) is 0 Å². The highest BCUT2D eigenvalue weighted by Gasteiger charge is 2.05. The van der Waals surface area contributed by atoms with E-state index in [9.17, 15) is 18.3 Å². The Balaban J connectivity index is 3.51. The summed E-state index contributed by atoms with van der Waals surface area (Å²) in [5, 5.41) is 9.91. The number of carboxylic acids is 1. The van der Waals surface area contributed by atoms with Crippen LogP contribution in [0.1, 0.15) is 6.92 Å². The molecule has 12 heavy (non-hydrogen) atoms. The molecule has 0 aliphatic rings. The third kappa shape index (κ3) is 6.48. The SMILES string of the molecule is CCS(=O)(=O)CCSCC(=O)[O-]. The molecule has 0 fully saturated rings. The lowest BCUT2D eigenvalue weighted by Gasteiger charge is -2.01. The largest absolute Gasteiger partial charge is 0.549 e. The van der Waals surface area contributed by atoms with Gasteiger partial charge < -0.3 is 9.90 Å². The number of sulfone groups is 1. The van der Waals surface area contributed by atoms with Gasteiger partial charge in [0.25, 0.3) is 0 Å². The Morgan fingerprint density at radius 3 is 2.50 bits per heavy atom. The molecule has 0 atom stereocenters. The van der Waals surface area contributed by atoms with Crippen molar-refractivity contribution < 1.29 is 18.3 Å². The van der Waals surface area contributed by atoms with Crippen molar-refractivity contribution in [1.29, 1.82) is 0 Å². The Labute approximate surface area is 76.3 Å². The lowest BCUT2D eigenvalue weighted by atomic mass is 10.8. The van der Waals surface area contributed by atoms with E-state index in [4.69, 9.17) is 0 Å². The van der Waals surface area contributed by atoms with Crippen molar-refractivity contribution in [1.82, 2.24) is 0 Å². The third-order valence-corrected chi connectivity index (χ3v) is 4.10. The van der Waals surface area contributed by atoms with Gasteiger partial charge in [-0.3, -0.25) is 0 Å². The van der Waals surface area contributed by atoms with Crippen molar-refractivity contribution in [2.45, 2.75) is 6.92 Å². The summed E-state index contributed by atoms with van der Waals surface area (Å²) in [7, 11) is -2.95. The van der Waals surface area contributed by atoms with Crippen LogP contribution in [0.3, 0.4) is 0 Å². The molecule has 0 N–H and O–H groups in total. The van der Waals surface area contributed by atoms with Crippen LogP contribution in [0, 0.1) is 0 Å². The molecule has 0 aliphatic heterocycles. The molecule has 0 unspecified atom stereocenters. The van der Waals surface area contributed by atoms with Gasteiger partial charge >= 0.3 is 0 Å². The number of hydrogen-bond acceptors (Lipinski definition) is 5. The van der Waals surface area contributed by atoms with E-state index in [1.807, 2.05) is 0 Å². The Kier molecular flexibility index (Phi) is 5.32. The van der Waals surface area contributed by atoms with Gasteiger partial charge in [0.2, 0.25) is 0 Å². The van der Waals surface area contributed by atoms with Crippen LogP contribution in [-0.2, 0) is 14.6 Å². The maximum absolute atomic E-state index is 10.9. The highest BCUT2D eigenvalue weighted by atomic mass is 32.2. The van der Waals surface area contributed by atoms with E-state index >= 15 is 0 Å². The first-order valence-corrected chi connectivity index (χ1v) is 6.43. The average Bonchev–Trinajstić information content (AvgIpc) is 1.98. The van der Waals surface area contributed by atoms with Gasteiger partial charge in [-0.05, 0) is 0 Å². The van der Waals surface area contributed by atoms with E-state index in [2.05, 4.69) is 0 Å². The summed E-state index contributed by atoms with van der Waals surface area (Å²) in [4.78, 5) is 9.91. The topological polar surface area (TPSA) is 74.3 Å². The highest BCUT2D eigenvalue weighted by Crippen LogP contribution is 2.01. The second-order valence-corrected chi connectivity index (χ2v) is 5.74. The van der Waals surface area contributed by atoms with Gasteiger partial charge in [-0.1, -0.05) is 6.92 Å². The summed E-state index contributed by atoms with van der Waals surface area (Å²) in [6.07, 6.45) is 0. The van der Waals surface area contributed by atoms with E-state index in [0.29, 0.717) is 5.75 Å². The number of rotatable bonds is 6. The first-order valence-electron chi connectivity index (χ1n) is 3.46. The number of carboxylic acid groups (broad SMARTS) is 1. The first-order chi connectivity index (χ1) is 5.48. The van der Waals surface area contributed by atoms with Crippen molar-refractivity contribution in [3.05, 3.63) is 0 Å². The van der Waals surface area contributed by atoms with Gasteiger partial charge in [-0.25, -0.2) is 8.42 Å². The van der Waals surface area contributed by atoms with E-state index < -0.39 is 15.8 Å². The molecule has 0 rings (SSSR count). The lowest BCUT2D eigenvalue weighted by molar-refractivity contribution is -0.301. The van der Waals surface area contributed by atoms with Crippen LogP contribution >= 0.6 is 11.8 Å². The minimum atomic E-state index is -2.95. The number of carbonyl (C=O) groups is 1. The van der Waals surface area contributed by atoms with E-state index in [1.54, 1.807) is 6.92 Å². The molecule has 4 nitrogen and oxygen atoms in total. The van der Waals surface area contributed by atoms with Crippen LogP contribution in [0.2, 0.25) is 0 Å². The normalized spacial score (nSPS) is 11.4. The Morgan fingerprint density at radius 2 is 2.08 bits per heavy atom. The van der Waals surface area contributed by atoms with Gasteiger partial charge in [0, 0.05) is 17.3 Å². The van der Waals surface area contributed by atoms with Crippen molar-refractivity contribution in [2.24, 2.45) is 0 Å². The second kappa shape index (κ2) is 5.42. The van der Waals surface area contributed by atoms with Crippen LogP contribution < -0.4 is 5.11 Å². The van der Waals surface area contributed by atoms with Crippen LogP contribution in [0.15, 0.2) is 0 Å². The number of hydrogen-bond donors (Lipinski definition) is 0. The van der Waals surface area contributed by atoms with Gasteiger partial charge in [-0.15, -0.1) is 0 Å². The van der Waals surface area contributed by atoms with E-state index in [1.165, 1.54) is 0 Å². The molecule has 72 valence electrons. The molecule has 6 heteroatoms. The van der Waals surface area contributed by atoms with Gasteiger partial charge in [-0.2, -0.15) is 11.8 Å². The maximum Gasteiger partial charge on any atom is 0.150 e.